The maximum Gasteiger partial charge on any atom is 0.238 e. The zero-order valence-corrected chi connectivity index (χ0v) is 11.5. The van der Waals surface area contributed by atoms with Crippen LogP contribution in [0.3, 0.4) is 0 Å². The van der Waals surface area contributed by atoms with Gasteiger partial charge in [0.15, 0.2) is 0 Å². The van der Waals surface area contributed by atoms with Crippen LogP contribution in [-0.4, -0.2) is 43.5 Å². The van der Waals surface area contributed by atoms with Crippen LogP contribution in [0.5, 0.6) is 0 Å². The maximum absolute atomic E-state index is 13.4. The number of hydrogen-bond donors (Lipinski definition) is 2. The maximum atomic E-state index is 13.4. The summed E-state index contributed by atoms with van der Waals surface area (Å²) in [6, 6.07) is 3.51. The number of halogens is 2. The Labute approximate surface area is 117 Å². The van der Waals surface area contributed by atoms with Gasteiger partial charge in [-0.3, -0.25) is 9.69 Å². The van der Waals surface area contributed by atoms with Gasteiger partial charge >= 0.3 is 0 Å². The zero-order chi connectivity index (χ0) is 14.5. The molecule has 1 amide bonds. The van der Waals surface area contributed by atoms with Crippen LogP contribution in [0.15, 0.2) is 18.2 Å². The molecule has 0 aromatic heterocycles. The van der Waals surface area contributed by atoms with E-state index in [1.54, 1.807) is 0 Å². The summed E-state index contributed by atoms with van der Waals surface area (Å²) < 4.78 is 26.4. The molecule has 2 N–H and O–H groups in total. The highest BCUT2D eigenvalue weighted by atomic mass is 19.1. The van der Waals surface area contributed by atoms with Gasteiger partial charge in [-0.1, -0.05) is 0 Å². The van der Waals surface area contributed by atoms with Crippen LogP contribution in [0.4, 0.5) is 14.5 Å². The van der Waals surface area contributed by atoms with Crippen LogP contribution >= 0.6 is 0 Å². The Hall–Kier alpha value is -1.53. The van der Waals surface area contributed by atoms with Crippen molar-refractivity contribution in [2.45, 2.75) is 18.9 Å². The van der Waals surface area contributed by atoms with Crippen molar-refractivity contribution in [2.75, 3.05) is 32.0 Å². The fraction of sp³-hybridized carbons (Fsp3) is 0.500. The molecule has 20 heavy (non-hydrogen) atoms. The normalized spacial score (nSPS) is 17.1. The molecule has 1 aliphatic heterocycles. The second-order valence-electron chi connectivity index (χ2n) is 5.01. The first-order valence-corrected chi connectivity index (χ1v) is 6.73. The Kier molecular flexibility index (Phi) is 5.03. The minimum absolute atomic E-state index is 0.111. The van der Waals surface area contributed by atoms with Gasteiger partial charge in [-0.05, 0) is 32.0 Å². The van der Waals surface area contributed by atoms with Gasteiger partial charge in [0.25, 0.3) is 0 Å². The number of hydrogen-bond acceptors (Lipinski definition) is 3. The van der Waals surface area contributed by atoms with E-state index in [-0.39, 0.29) is 18.1 Å². The molecule has 0 bridgehead atoms. The van der Waals surface area contributed by atoms with Gasteiger partial charge in [0.2, 0.25) is 5.91 Å². The van der Waals surface area contributed by atoms with E-state index in [4.69, 9.17) is 0 Å². The molecule has 1 aromatic carbocycles. The van der Waals surface area contributed by atoms with Crippen molar-refractivity contribution in [3.63, 3.8) is 0 Å². The summed E-state index contributed by atoms with van der Waals surface area (Å²) in [6.45, 7) is 1.85. The summed E-state index contributed by atoms with van der Waals surface area (Å²) in [5.74, 6) is -1.53. The van der Waals surface area contributed by atoms with Gasteiger partial charge in [-0.15, -0.1) is 0 Å². The molecule has 0 saturated carbocycles. The number of amides is 1. The number of benzene rings is 1. The average Bonchev–Trinajstić information content (AvgIpc) is 2.43. The summed E-state index contributed by atoms with van der Waals surface area (Å²) in [5.41, 5.74) is -0.111. The van der Waals surface area contributed by atoms with Crippen molar-refractivity contribution in [3.8, 4) is 0 Å². The molecule has 1 aliphatic rings. The molecular formula is C14H19F2N3O. The molecule has 4 nitrogen and oxygen atoms in total. The summed E-state index contributed by atoms with van der Waals surface area (Å²) in [7, 11) is 1.93. The second-order valence-corrected chi connectivity index (χ2v) is 5.01. The third kappa shape index (κ3) is 3.98. The van der Waals surface area contributed by atoms with E-state index in [1.807, 2.05) is 11.9 Å². The van der Waals surface area contributed by atoms with Crippen molar-refractivity contribution < 1.29 is 13.6 Å². The molecule has 1 fully saturated rings. The third-order valence-electron chi connectivity index (χ3n) is 3.57. The first-order valence-electron chi connectivity index (χ1n) is 6.73. The molecule has 0 radical (unpaired) electrons. The number of anilines is 1. The lowest BCUT2D eigenvalue weighted by Gasteiger charge is -2.31. The first-order chi connectivity index (χ1) is 9.58. The van der Waals surface area contributed by atoms with Gasteiger partial charge in [-0.2, -0.15) is 0 Å². The van der Waals surface area contributed by atoms with Gasteiger partial charge in [0.1, 0.15) is 11.6 Å². The van der Waals surface area contributed by atoms with Gasteiger partial charge < -0.3 is 10.6 Å². The van der Waals surface area contributed by atoms with Crippen molar-refractivity contribution >= 4 is 11.6 Å². The van der Waals surface area contributed by atoms with E-state index >= 15 is 0 Å². The summed E-state index contributed by atoms with van der Waals surface area (Å²) in [5, 5.41) is 5.63. The third-order valence-corrected chi connectivity index (χ3v) is 3.57. The zero-order valence-electron chi connectivity index (χ0n) is 11.5. The van der Waals surface area contributed by atoms with E-state index < -0.39 is 11.6 Å². The minimum atomic E-state index is -0.631. The lowest BCUT2D eigenvalue weighted by atomic mass is 10.1. The van der Waals surface area contributed by atoms with Gasteiger partial charge in [-0.25, -0.2) is 8.78 Å². The van der Waals surface area contributed by atoms with Crippen LogP contribution in [0, 0.1) is 11.6 Å². The number of nitrogens with one attached hydrogen (secondary N) is 2. The Morgan fingerprint density at radius 1 is 1.35 bits per heavy atom. The quantitative estimate of drug-likeness (QED) is 0.882. The Bertz CT molecular complexity index is 473. The second kappa shape index (κ2) is 6.76. The Morgan fingerprint density at radius 2 is 2.05 bits per heavy atom. The topological polar surface area (TPSA) is 44.4 Å². The molecule has 0 spiro atoms. The smallest absolute Gasteiger partial charge is 0.238 e. The number of carbonyl (C=O) groups excluding carboxylic acids is 1. The highest BCUT2D eigenvalue weighted by Crippen LogP contribution is 2.15. The van der Waals surface area contributed by atoms with Crippen LogP contribution in [-0.2, 0) is 4.79 Å². The van der Waals surface area contributed by atoms with E-state index in [1.165, 1.54) is 0 Å². The van der Waals surface area contributed by atoms with Crippen molar-refractivity contribution in [1.29, 1.82) is 0 Å². The van der Waals surface area contributed by atoms with Gasteiger partial charge in [0, 0.05) is 25.2 Å². The highest BCUT2D eigenvalue weighted by Gasteiger charge is 2.20. The van der Waals surface area contributed by atoms with Crippen LogP contribution in [0.25, 0.3) is 0 Å². The minimum Gasteiger partial charge on any atom is -0.322 e. The van der Waals surface area contributed by atoms with Crippen LogP contribution < -0.4 is 10.6 Å². The summed E-state index contributed by atoms with van der Waals surface area (Å²) in [6.07, 6.45) is 1.97. The molecule has 0 aliphatic carbocycles. The van der Waals surface area contributed by atoms with Crippen molar-refractivity contribution in [1.82, 2.24) is 10.2 Å². The fourth-order valence-corrected chi connectivity index (χ4v) is 2.37. The van der Waals surface area contributed by atoms with E-state index in [0.29, 0.717) is 6.04 Å². The lowest BCUT2D eigenvalue weighted by Crippen LogP contribution is -2.44. The number of likely N-dealkylation sites (tertiary alicyclic amines) is 1. The molecule has 1 heterocycles. The van der Waals surface area contributed by atoms with E-state index in [2.05, 4.69) is 10.6 Å². The fourth-order valence-electron chi connectivity index (χ4n) is 2.37. The SMILES string of the molecule is CNC1CCN(CC(=O)Nc2cc(F)ccc2F)CC1. The molecular weight excluding hydrogens is 264 g/mol. The molecule has 2 rings (SSSR count). The standard InChI is InChI=1S/C14H19F2N3O/c1-17-11-4-6-19(7-5-11)9-14(20)18-13-8-10(15)2-3-12(13)16/h2-3,8,11,17H,4-7,9H2,1H3,(H,18,20). The molecule has 1 aromatic rings. The monoisotopic (exact) mass is 283 g/mol. The number of carbonyl (C=O) groups is 1. The predicted molar refractivity (Wildman–Crippen MR) is 73.5 cm³/mol. The summed E-state index contributed by atoms with van der Waals surface area (Å²) >= 11 is 0. The molecule has 0 unspecified atom stereocenters. The Morgan fingerprint density at radius 3 is 2.70 bits per heavy atom. The van der Waals surface area contributed by atoms with Gasteiger partial charge in [0.05, 0.1) is 12.2 Å². The largest absolute Gasteiger partial charge is 0.322 e. The predicted octanol–water partition coefficient (Wildman–Crippen LogP) is 1.59. The molecule has 110 valence electrons. The van der Waals surface area contributed by atoms with Crippen LogP contribution in [0.1, 0.15) is 12.8 Å². The van der Waals surface area contributed by atoms with Crippen molar-refractivity contribution in [3.05, 3.63) is 29.8 Å². The molecule has 6 heteroatoms. The number of piperidine rings is 1. The number of rotatable bonds is 4. The number of nitrogens with zero attached hydrogens (tertiary/aromatic N) is 1. The van der Waals surface area contributed by atoms with Crippen molar-refractivity contribution in [2.24, 2.45) is 0 Å². The first kappa shape index (κ1) is 14.9. The summed E-state index contributed by atoms with van der Waals surface area (Å²) in [4.78, 5) is 13.9. The molecule has 0 atom stereocenters. The lowest BCUT2D eigenvalue weighted by molar-refractivity contribution is -0.117. The average molecular weight is 283 g/mol. The van der Waals surface area contributed by atoms with E-state index in [0.717, 1.165) is 44.1 Å². The Balaban J connectivity index is 1.85. The highest BCUT2D eigenvalue weighted by molar-refractivity contribution is 5.92. The van der Waals surface area contributed by atoms with E-state index in [9.17, 15) is 13.6 Å². The van der Waals surface area contributed by atoms with Crippen LogP contribution in [0.2, 0.25) is 0 Å². The molecule has 1 saturated heterocycles.